The van der Waals surface area contributed by atoms with Crippen LogP contribution in [-0.2, 0) is 39.1 Å². The number of rotatable bonds is 18. The molecule has 0 radical (unpaired) electrons. The van der Waals surface area contributed by atoms with Gasteiger partial charge >= 0.3 is 18.3 Å². The number of carboxylic acids is 2. The van der Waals surface area contributed by atoms with Gasteiger partial charge in [0.2, 0.25) is 5.91 Å². The monoisotopic (exact) mass is 905 g/mol. The number of amides is 1. The number of carbonyl (C=O) groups is 3. The van der Waals surface area contributed by atoms with E-state index in [4.69, 9.17) is 21.1 Å². The van der Waals surface area contributed by atoms with Gasteiger partial charge in [-0.25, -0.2) is 9.59 Å². The minimum Gasteiger partial charge on any atom is -0.494 e. The van der Waals surface area contributed by atoms with Crippen molar-refractivity contribution in [3.8, 4) is 17.2 Å². The van der Waals surface area contributed by atoms with Crippen LogP contribution in [0.5, 0.6) is 17.2 Å². The third-order valence-electron chi connectivity index (χ3n) is 13.3. The van der Waals surface area contributed by atoms with Crippen molar-refractivity contribution in [3.63, 3.8) is 0 Å². The number of benzene rings is 3. The van der Waals surface area contributed by atoms with Crippen LogP contribution in [0.1, 0.15) is 106 Å². The number of aliphatic carboxylic acids is 2. The van der Waals surface area contributed by atoms with Gasteiger partial charge in [0, 0.05) is 41.0 Å². The zero-order chi connectivity index (χ0) is 45.6. The summed E-state index contributed by atoms with van der Waals surface area (Å²) >= 11 is 6.29. The second-order valence-electron chi connectivity index (χ2n) is 17.8. The summed E-state index contributed by atoms with van der Waals surface area (Å²) in [5, 5.41) is 26.8. The molecule has 0 saturated heterocycles. The van der Waals surface area contributed by atoms with E-state index in [0.717, 1.165) is 61.2 Å². The zero-order valence-electron chi connectivity index (χ0n) is 36.0. The lowest BCUT2D eigenvalue weighted by atomic mass is 9.59. The molecule has 1 fully saturated rings. The van der Waals surface area contributed by atoms with Crippen LogP contribution >= 0.6 is 11.6 Å². The maximum absolute atomic E-state index is 13.1. The highest BCUT2D eigenvalue weighted by Gasteiger charge is 2.54. The van der Waals surface area contributed by atoms with Crippen LogP contribution < -0.4 is 24.8 Å². The number of carboxylic acid groups (broad SMARTS) is 2. The molecule has 0 bridgehead atoms. The topological polar surface area (TPSA) is 156 Å². The van der Waals surface area contributed by atoms with E-state index in [1.807, 2.05) is 24.4 Å². The number of alkyl halides is 3. The van der Waals surface area contributed by atoms with Crippen molar-refractivity contribution >= 4 is 35.1 Å². The number of nitrogens with one attached hydrogen (secondary N) is 2. The lowest BCUT2D eigenvalue weighted by Gasteiger charge is -2.47. The lowest BCUT2D eigenvalue weighted by Crippen LogP contribution is -2.53. The van der Waals surface area contributed by atoms with Crippen LogP contribution in [0.15, 0.2) is 79.0 Å². The van der Waals surface area contributed by atoms with Gasteiger partial charge in [-0.1, -0.05) is 49.7 Å². The summed E-state index contributed by atoms with van der Waals surface area (Å²) < 4.78 is 54.8. The van der Waals surface area contributed by atoms with Crippen LogP contribution in [0, 0.1) is 11.8 Å². The maximum Gasteiger partial charge on any atom is 0.573 e. The molecule has 3 aliphatic carbocycles. The van der Waals surface area contributed by atoms with Crippen molar-refractivity contribution in [2.24, 2.45) is 11.8 Å². The van der Waals surface area contributed by atoms with Crippen LogP contribution in [0.3, 0.4) is 0 Å². The number of carbonyl (C=O) groups excluding carboxylic acids is 1. The fourth-order valence-electron chi connectivity index (χ4n) is 10.2. The SMILES string of the molecule is C[C@@H](COc1ccnc2c1[C@H](C)CCC2)C[C@H]1Cc2ccc(OCCCC(=O)NC(Cc3cccc(OC(F)(F)F)c3)C(=O)O)cc2C12CCC(Nc1cccc(Cl)c1)(C(=O)O)CC2. The number of nitrogens with zero attached hydrogens (tertiary/aromatic N) is 1. The van der Waals surface area contributed by atoms with E-state index in [2.05, 4.69) is 46.3 Å². The highest BCUT2D eigenvalue weighted by atomic mass is 35.5. The lowest BCUT2D eigenvalue weighted by molar-refractivity contribution is -0.274. The number of halogens is 4. The number of pyridine rings is 1. The standard InChI is InChI=1S/C49H55ClF3N3O8/c1-30(29-63-42-16-21-54-40-12-3-7-31(2)44(40)42)23-34-26-33-14-15-37(28-39(33)47(34)17-19-48(20-18-47,46(60)61)56-36-10-5-9-35(50)27-36)62-22-6-13-43(57)55-41(45(58)59)25-32-8-4-11-38(24-32)64-49(51,52)53/h4-5,8-11,14-16,21,24,27-28,30-31,34,41,56H,3,6-7,12-13,17-20,22-23,25-26,29H2,1-2H3,(H,55,57)(H,58,59)(H,60,61)/t30-,31-,34+,41?,47?,48?/m1/s1. The molecule has 4 N–H and O–H groups in total. The number of hydrogen-bond acceptors (Lipinski definition) is 8. The van der Waals surface area contributed by atoms with Crippen molar-refractivity contribution < 1.29 is 52.0 Å². The molecule has 1 spiro atoms. The van der Waals surface area contributed by atoms with E-state index < -0.39 is 41.5 Å². The highest BCUT2D eigenvalue weighted by molar-refractivity contribution is 6.30. The smallest absolute Gasteiger partial charge is 0.494 e. The second kappa shape index (κ2) is 19.7. The van der Waals surface area contributed by atoms with E-state index in [1.54, 1.807) is 18.2 Å². The Morgan fingerprint density at radius 2 is 1.75 bits per heavy atom. The van der Waals surface area contributed by atoms with E-state index in [1.165, 1.54) is 23.3 Å². The van der Waals surface area contributed by atoms with Crippen LogP contribution in [0.25, 0.3) is 0 Å². The Bertz CT molecular complexity index is 2320. The summed E-state index contributed by atoms with van der Waals surface area (Å²) in [6, 6.07) is 18.8. The summed E-state index contributed by atoms with van der Waals surface area (Å²) in [6.07, 6.45) is 3.84. The molecular weight excluding hydrogens is 851 g/mol. The number of fused-ring (bicyclic) bond motifs is 3. The van der Waals surface area contributed by atoms with Gasteiger partial charge in [0.25, 0.3) is 0 Å². The molecule has 0 aliphatic heterocycles. The normalized spacial score (nSPS) is 22.4. The Hall–Kier alpha value is -5.50. The minimum atomic E-state index is -4.90. The van der Waals surface area contributed by atoms with Gasteiger partial charge in [-0.2, -0.15) is 0 Å². The maximum atomic E-state index is 13.1. The average Bonchev–Trinajstić information content (AvgIpc) is 3.52. The molecule has 1 amide bonds. The highest BCUT2D eigenvalue weighted by Crippen LogP contribution is 2.57. The minimum absolute atomic E-state index is 0.0456. The van der Waals surface area contributed by atoms with Gasteiger partial charge < -0.3 is 35.1 Å². The molecular formula is C49H55ClF3N3O8. The fraction of sp³-hybridized carbons (Fsp3) is 0.469. The van der Waals surface area contributed by atoms with Crippen molar-refractivity contribution in [2.45, 2.75) is 120 Å². The third-order valence-corrected chi connectivity index (χ3v) is 13.5. The first-order chi connectivity index (χ1) is 30.5. The van der Waals surface area contributed by atoms with Crippen molar-refractivity contribution in [1.29, 1.82) is 0 Å². The van der Waals surface area contributed by atoms with Crippen LogP contribution in [-0.4, -0.2) is 64.2 Å². The molecule has 3 aliphatic rings. The molecule has 1 aromatic heterocycles. The number of hydrogen-bond donors (Lipinski definition) is 4. The summed E-state index contributed by atoms with van der Waals surface area (Å²) in [4.78, 5) is 42.6. The zero-order valence-corrected chi connectivity index (χ0v) is 36.8. The van der Waals surface area contributed by atoms with Crippen LogP contribution in [0.2, 0.25) is 5.02 Å². The molecule has 11 nitrogen and oxygen atoms in total. The predicted molar refractivity (Wildman–Crippen MR) is 235 cm³/mol. The summed E-state index contributed by atoms with van der Waals surface area (Å²) in [5.41, 5.74) is 4.08. The first-order valence-electron chi connectivity index (χ1n) is 22.0. The number of anilines is 1. The summed E-state index contributed by atoms with van der Waals surface area (Å²) in [5.74, 6) is -0.934. The molecule has 15 heteroatoms. The van der Waals surface area contributed by atoms with Gasteiger partial charge in [0.1, 0.15) is 28.8 Å². The van der Waals surface area contributed by atoms with E-state index in [9.17, 15) is 37.8 Å². The molecule has 1 saturated carbocycles. The van der Waals surface area contributed by atoms with Gasteiger partial charge in [-0.3, -0.25) is 9.78 Å². The number of aromatic nitrogens is 1. The first kappa shape index (κ1) is 46.5. The first-order valence-corrected chi connectivity index (χ1v) is 22.4. The van der Waals surface area contributed by atoms with Gasteiger partial charge in [-0.05, 0) is 153 Å². The summed E-state index contributed by atoms with van der Waals surface area (Å²) in [7, 11) is 0. The average molecular weight is 906 g/mol. The molecule has 342 valence electrons. The Morgan fingerprint density at radius 1 is 0.969 bits per heavy atom. The number of ether oxygens (including phenoxy) is 3. The quantitative estimate of drug-likeness (QED) is 0.0709. The Balaban J connectivity index is 1.02. The molecule has 7 rings (SSSR count). The largest absolute Gasteiger partial charge is 0.573 e. The molecule has 4 atom stereocenters. The van der Waals surface area contributed by atoms with E-state index in [0.29, 0.717) is 54.7 Å². The Labute approximate surface area is 376 Å². The van der Waals surface area contributed by atoms with E-state index in [-0.39, 0.29) is 48.7 Å². The van der Waals surface area contributed by atoms with Gasteiger partial charge in [0.05, 0.1) is 13.2 Å². The Morgan fingerprint density at radius 3 is 2.48 bits per heavy atom. The van der Waals surface area contributed by atoms with Gasteiger partial charge in [-0.15, -0.1) is 13.2 Å². The molecule has 1 unspecified atom stereocenters. The molecule has 3 aromatic carbocycles. The second-order valence-corrected chi connectivity index (χ2v) is 18.3. The molecule has 64 heavy (non-hydrogen) atoms. The van der Waals surface area contributed by atoms with Crippen molar-refractivity contribution in [1.82, 2.24) is 10.3 Å². The van der Waals surface area contributed by atoms with E-state index >= 15 is 0 Å². The third kappa shape index (κ3) is 11.0. The Kier molecular flexibility index (Phi) is 14.3. The summed E-state index contributed by atoms with van der Waals surface area (Å²) in [6.45, 7) is 5.15. The predicted octanol–water partition coefficient (Wildman–Crippen LogP) is 10.1. The molecule has 1 heterocycles. The van der Waals surface area contributed by atoms with Crippen molar-refractivity contribution in [2.75, 3.05) is 18.5 Å². The molecule has 4 aromatic rings. The van der Waals surface area contributed by atoms with Crippen LogP contribution in [0.4, 0.5) is 18.9 Å². The number of aryl methyl sites for hydroxylation is 1. The fourth-order valence-corrected chi connectivity index (χ4v) is 10.4. The van der Waals surface area contributed by atoms with Gasteiger partial charge in [0.15, 0.2) is 0 Å². The van der Waals surface area contributed by atoms with Crippen molar-refractivity contribution in [3.05, 3.63) is 112 Å².